The molecule has 0 aromatic heterocycles. The Morgan fingerprint density at radius 1 is 1.37 bits per heavy atom. The van der Waals surface area contributed by atoms with Crippen LogP contribution in [0, 0.1) is 5.41 Å². The number of ether oxygens (including phenoxy) is 1. The van der Waals surface area contributed by atoms with Gasteiger partial charge in [-0.1, -0.05) is 32.0 Å². The van der Waals surface area contributed by atoms with Gasteiger partial charge in [0.05, 0.1) is 13.2 Å². The second-order valence-electron chi connectivity index (χ2n) is 5.65. The normalized spacial score (nSPS) is 25.5. The Morgan fingerprint density at radius 2 is 2.05 bits per heavy atom. The van der Waals surface area contributed by atoms with E-state index in [1.165, 1.54) is 5.56 Å². The standard InChI is InChI=1S/C15H23NO2.Na/c1-15(2)13(16-9-8-14(15)17)10-11-6-4-5-7-12(11)18-3;/h4-7,13-14,16-17H,8-10H2,1-3H3;. The first-order valence-electron chi connectivity index (χ1n) is 6.59. The van der Waals surface area contributed by atoms with Crippen LogP contribution < -0.4 is 10.1 Å². The third kappa shape index (κ3) is 3.73. The molecule has 1 aromatic carbocycles. The zero-order valence-electron chi connectivity index (χ0n) is 12.4. The van der Waals surface area contributed by atoms with Crippen LogP contribution in [0.4, 0.5) is 0 Å². The molecule has 2 unspecified atom stereocenters. The fourth-order valence-electron chi connectivity index (χ4n) is 2.69. The van der Waals surface area contributed by atoms with Gasteiger partial charge in [-0.3, -0.25) is 0 Å². The Hall–Kier alpha value is -0.0600. The molecule has 1 heterocycles. The number of aliphatic hydroxyl groups excluding tert-OH is 1. The van der Waals surface area contributed by atoms with Crippen molar-refractivity contribution in [2.24, 2.45) is 5.41 Å². The predicted octanol–water partition coefficient (Wildman–Crippen LogP) is 1.61. The number of rotatable bonds is 3. The van der Waals surface area contributed by atoms with Crippen LogP contribution in [-0.4, -0.2) is 60.5 Å². The topological polar surface area (TPSA) is 41.5 Å². The van der Waals surface area contributed by atoms with Crippen LogP contribution >= 0.6 is 0 Å². The maximum absolute atomic E-state index is 10.1. The van der Waals surface area contributed by atoms with Crippen molar-refractivity contribution < 1.29 is 9.84 Å². The third-order valence-electron chi connectivity index (χ3n) is 4.18. The summed E-state index contributed by atoms with van der Waals surface area (Å²) in [6.45, 7) is 5.14. The van der Waals surface area contributed by atoms with Crippen molar-refractivity contribution in [3.8, 4) is 5.75 Å². The molecule has 2 N–H and O–H groups in total. The molecule has 0 aliphatic carbocycles. The summed E-state index contributed by atoms with van der Waals surface area (Å²) >= 11 is 0. The fourth-order valence-corrected chi connectivity index (χ4v) is 2.69. The number of piperidine rings is 1. The number of aliphatic hydroxyl groups is 1. The molecule has 0 amide bonds. The minimum absolute atomic E-state index is 0. The largest absolute Gasteiger partial charge is 0.496 e. The zero-order chi connectivity index (χ0) is 13.2. The van der Waals surface area contributed by atoms with Gasteiger partial charge in [0.15, 0.2) is 0 Å². The van der Waals surface area contributed by atoms with Gasteiger partial charge in [0.1, 0.15) is 5.75 Å². The van der Waals surface area contributed by atoms with E-state index < -0.39 is 0 Å². The number of hydrogen-bond acceptors (Lipinski definition) is 3. The van der Waals surface area contributed by atoms with Crippen LogP contribution in [0.1, 0.15) is 25.8 Å². The SMILES string of the molecule is COc1ccccc1CC1NCCC(O)C1(C)C.[Na]. The van der Waals surface area contributed by atoms with Crippen LogP contribution in [0.3, 0.4) is 0 Å². The molecule has 1 radical (unpaired) electrons. The Balaban J connectivity index is 0.00000180. The van der Waals surface area contributed by atoms with E-state index in [0.717, 1.165) is 25.1 Å². The quantitative estimate of drug-likeness (QED) is 0.821. The number of nitrogens with one attached hydrogen (secondary N) is 1. The van der Waals surface area contributed by atoms with Crippen molar-refractivity contribution in [3.63, 3.8) is 0 Å². The van der Waals surface area contributed by atoms with Crippen LogP contribution in [0.15, 0.2) is 24.3 Å². The Morgan fingerprint density at radius 3 is 2.74 bits per heavy atom. The summed E-state index contributed by atoms with van der Waals surface area (Å²) in [5, 5.41) is 13.7. The molecule has 3 nitrogen and oxygen atoms in total. The van der Waals surface area contributed by atoms with Gasteiger partial charge in [0.25, 0.3) is 0 Å². The summed E-state index contributed by atoms with van der Waals surface area (Å²) < 4.78 is 5.39. The van der Waals surface area contributed by atoms with E-state index in [1.54, 1.807) is 7.11 Å². The summed E-state index contributed by atoms with van der Waals surface area (Å²) in [6.07, 6.45) is 1.47. The van der Waals surface area contributed by atoms with Crippen LogP contribution in [0.5, 0.6) is 5.75 Å². The molecule has 1 aromatic rings. The van der Waals surface area contributed by atoms with Crippen molar-refractivity contribution in [2.75, 3.05) is 13.7 Å². The van der Waals surface area contributed by atoms with Gasteiger partial charge in [-0.05, 0) is 31.0 Å². The van der Waals surface area contributed by atoms with Crippen molar-refractivity contribution >= 4 is 29.6 Å². The minimum atomic E-state index is -0.238. The monoisotopic (exact) mass is 272 g/mol. The van der Waals surface area contributed by atoms with Gasteiger partial charge in [-0.2, -0.15) is 0 Å². The first kappa shape index (κ1) is 17.0. The van der Waals surface area contributed by atoms with Gasteiger partial charge in [-0.25, -0.2) is 0 Å². The second kappa shape index (κ2) is 7.09. The molecule has 19 heavy (non-hydrogen) atoms. The van der Waals surface area contributed by atoms with E-state index in [4.69, 9.17) is 4.74 Å². The molecule has 0 spiro atoms. The van der Waals surface area contributed by atoms with E-state index in [0.29, 0.717) is 0 Å². The molecule has 0 bridgehead atoms. The average Bonchev–Trinajstić information content (AvgIpc) is 2.36. The fraction of sp³-hybridized carbons (Fsp3) is 0.600. The van der Waals surface area contributed by atoms with E-state index >= 15 is 0 Å². The molecule has 101 valence electrons. The van der Waals surface area contributed by atoms with Crippen LogP contribution in [-0.2, 0) is 6.42 Å². The van der Waals surface area contributed by atoms with Gasteiger partial charge in [-0.15, -0.1) is 0 Å². The van der Waals surface area contributed by atoms with E-state index in [-0.39, 0.29) is 47.1 Å². The molecule has 2 atom stereocenters. The average molecular weight is 272 g/mol. The molecule has 1 aliphatic rings. The number of methoxy groups -OCH3 is 1. The van der Waals surface area contributed by atoms with Gasteiger partial charge in [0, 0.05) is 41.0 Å². The smallest absolute Gasteiger partial charge is 0.122 e. The predicted molar refractivity (Wildman–Crippen MR) is 78.6 cm³/mol. The summed E-state index contributed by atoms with van der Waals surface area (Å²) in [5.41, 5.74) is 1.08. The first-order chi connectivity index (χ1) is 8.55. The van der Waals surface area contributed by atoms with Crippen LogP contribution in [0.25, 0.3) is 0 Å². The zero-order valence-corrected chi connectivity index (χ0v) is 14.4. The molecule has 2 rings (SSSR count). The summed E-state index contributed by atoms with van der Waals surface area (Å²) in [6, 6.07) is 8.37. The van der Waals surface area contributed by atoms with Crippen molar-refractivity contribution in [1.82, 2.24) is 5.32 Å². The molecular weight excluding hydrogens is 249 g/mol. The van der Waals surface area contributed by atoms with E-state index in [9.17, 15) is 5.11 Å². The molecule has 1 aliphatic heterocycles. The van der Waals surface area contributed by atoms with Gasteiger partial charge >= 0.3 is 0 Å². The second-order valence-corrected chi connectivity index (χ2v) is 5.65. The Kier molecular flexibility index (Phi) is 6.34. The minimum Gasteiger partial charge on any atom is -0.496 e. The summed E-state index contributed by atoms with van der Waals surface area (Å²) in [7, 11) is 1.70. The molecule has 0 saturated carbocycles. The molecule has 1 saturated heterocycles. The number of hydrogen-bond donors (Lipinski definition) is 2. The summed E-state index contributed by atoms with van der Waals surface area (Å²) in [4.78, 5) is 0. The number of para-hydroxylation sites is 1. The molecule has 4 heteroatoms. The van der Waals surface area contributed by atoms with Crippen LogP contribution in [0.2, 0.25) is 0 Å². The third-order valence-corrected chi connectivity index (χ3v) is 4.18. The van der Waals surface area contributed by atoms with Gasteiger partial charge in [0.2, 0.25) is 0 Å². The maximum Gasteiger partial charge on any atom is 0.122 e. The van der Waals surface area contributed by atoms with Crippen molar-refractivity contribution in [1.29, 1.82) is 0 Å². The van der Waals surface area contributed by atoms with E-state index in [2.05, 4.69) is 25.2 Å². The number of benzene rings is 1. The first-order valence-corrected chi connectivity index (χ1v) is 6.59. The Labute approximate surface area is 138 Å². The molecule has 1 fully saturated rings. The van der Waals surface area contributed by atoms with E-state index in [1.807, 2.05) is 18.2 Å². The Bertz CT molecular complexity index is 409. The molecular formula is C15H23NNaO2. The maximum atomic E-state index is 10.1. The van der Waals surface area contributed by atoms with Gasteiger partial charge < -0.3 is 15.2 Å². The van der Waals surface area contributed by atoms with Crippen molar-refractivity contribution in [3.05, 3.63) is 29.8 Å². The van der Waals surface area contributed by atoms with Crippen molar-refractivity contribution in [2.45, 2.75) is 38.8 Å². The summed E-state index contributed by atoms with van der Waals surface area (Å²) in [5.74, 6) is 0.926.